The second-order valence-electron chi connectivity index (χ2n) is 5.76. The van der Waals surface area contributed by atoms with E-state index in [1.165, 1.54) is 26.2 Å². The number of amides is 1. The van der Waals surface area contributed by atoms with Crippen molar-refractivity contribution in [3.63, 3.8) is 0 Å². The predicted octanol–water partition coefficient (Wildman–Crippen LogP) is 3.20. The number of rotatable bonds is 5. The number of aromatic hydroxyl groups is 1. The summed E-state index contributed by atoms with van der Waals surface area (Å²) >= 11 is 0. The number of carbonyl (C=O) groups is 2. The standard InChI is InChI=1S/C19H21NO5/c1-11-5-7-16(21)14(9-11)19(23)25-13(3)18(22)20-15-10-12(2)6-8-17(15)24-4/h5-10,13,21H,1-4H3,(H,20,22)/t13-/m0/s1. The van der Waals surface area contributed by atoms with Gasteiger partial charge in [-0.05, 0) is 50.6 Å². The summed E-state index contributed by atoms with van der Waals surface area (Å²) in [6, 6.07) is 9.95. The van der Waals surface area contributed by atoms with Gasteiger partial charge in [0.1, 0.15) is 17.1 Å². The number of hydrogen-bond donors (Lipinski definition) is 2. The average Bonchev–Trinajstić information content (AvgIpc) is 2.57. The highest BCUT2D eigenvalue weighted by molar-refractivity contribution is 5.99. The van der Waals surface area contributed by atoms with Crippen LogP contribution in [0.15, 0.2) is 36.4 Å². The van der Waals surface area contributed by atoms with Crippen LogP contribution in [-0.4, -0.2) is 30.2 Å². The van der Waals surface area contributed by atoms with E-state index >= 15 is 0 Å². The molecule has 0 aliphatic heterocycles. The molecule has 0 spiro atoms. The quantitative estimate of drug-likeness (QED) is 0.815. The second-order valence-corrected chi connectivity index (χ2v) is 5.76. The van der Waals surface area contributed by atoms with E-state index in [0.717, 1.165) is 11.1 Å². The number of nitrogens with one attached hydrogen (secondary N) is 1. The molecule has 0 heterocycles. The van der Waals surface area contributed by atoms with Gasteiger partial charge in [0.05, 0.1) is 12.8 Å². The van der Waals surface area contributed by atoms with E-state index in [1.54, 1.807) is 25.1 Å². The molecule has 0 radical (unpaired) electrons. The van der Waals surface area contributed by atoms with Crippen LogP contribution in [0.4, 0.5) is 5.69 Å². The van der Waals surface area contributed by atoms with Crippen molar-refractivity contribution < 1.29 is 24.2 Å². The third-order valence-corrected chi connectivity index (χ3v) is 3.64. The molecule has 0 bridgehead atoms. The van der Waals surface area contributed by atoms with Gasteiger partial charge in [-0.15, -0.1) is 0 Å². The Bertz CT molecular complexity index is 800. The largest absolute Gasteiger partial charge is 0.507 e. The minimum atomic E-state index is -1.04. The molecule has 0 unspecified atom stereocenters. The number of phenolic OH excluding ortho intramolecular Hbond substituents is 1. The Morgan fingerprint density at radius 1 is 1.08 bits per heavy atom. The first-order valence-corrected chi connectivity index (χ1v) is 7.78. The normalized spacial score (nSPS) is 11.5. The maximum atomic E-state index is 12.3. The number of hydrogen-bond acceptors (Lipinski definition) is 5. The van der Waals surface area contributed by atoms with E-state index < -0.39 is 18.0 Å². The first-order valence-electron chi connectivity index (χ1n) is 7.78. The van der Waals surface area contributed by atoms with Crippen molar-refractivity contribution in [3.05, 3.63) is 53.1 Å². The Labute approximate surface area is 146 Å². The van der Waals surface area contributed by atoms with Crippen LogP contribution in [0.5, 0.6) is 11.5 Å². The molecule has 6 heteroatoms. The zero-order valence-corrected chi connectivity index (χ0v) is 14.6. The van der Waals surface area contributed by atoms with Crippen molar-refractivity contribution in [2.45, 2.75) is 26.9 Å². The Kier molecular flexibility index (Phi) is 5.64. The lowest BCUT2D eigenvalue weighted by Crippen LogP contribution is -2.30. The van der Waals surface area contributed by atoms with Crippen molar-refractivity contribution in [1.29, 1.82) is 0 Å². The van der Waals surface area contributed by atoms with Crippen molar-refractivity contribution in [1.82, 2.24) is 0 Å². The molecule has 132 valence electrons. The zero-order chi connectivity index (χ0) is 18.6. The van der Waals surface area contributed by atoms with Crippen LogP contribution in [0, 0.1) is 13.8 Å². The Hall–Kier alpha value is -3.02. The number of esters is 1. The molecule has 1 amide bonds. The SMILES string of the molecule is COc1ccc(C)cc1NC(=O)[C@H](C)OC(=O)c1cc(C)ccc1O. The maximum Gasteiger partial charge on any atom is 0.342 e. The minimum Gasteiger partial charge on any atom is -0.507 e. The average molecular weight is 343 g/mol. The van der Waals surface area contributed by atoms with Crippen LogP contribution in [0.1, 0.15) is 28.4 Å². The molecule has 25 heavy (non-hydrogen) atoms. The van der Waals surface area contributed by atoms with Crippen LogP contribution < -0.4 is 10.1 Å². The zero-order valence-electron chi connectivity index (χ0n) is 14.6. The summed E-state index contributed by atoms with van der Waals surface area (Å²) in [4.78, 5) is 24.5. The van der Waals surface area contributed by atoms with Gasteiger partial charge in [0.25, 0.3) is 5.91 Å². The number of benzene rings is 2. The number of aryl methyl sites for hydroxylation is 2. The van der Waals surface area contributed by atoms with E-state index in [-0.39, 0.29) is 11.3 Å². The summed E-state index contributed by atoms with van der Waals surface area (Å²) in [5.74, 6) is -0.943. The number of methoxy groups -OCH3 is 1. The monoisotopic (exact) mass is 343 g/mol. The van der Waals surface area contributed by atoms with Gasteiger partial charge in [0.15, 0.2) is 6.10 Å². The molecule has 2 rings (SSSR count). The van der Waals surface area contributed by atoms with Gasteiger partial charge < -0.3 is 19.9 Å². The van der Waals surface area contributed by atoms with Gasteiger partial charge in [0, 0.05) is 0 Å². The van der Waals surface area contributed by atoms with Crippen molar-refractivity contribution in [2.24, 2.45) is 0 Å². The summed E-state index contributed by atoms with van der Waals surface area (Å²) in [5, 5.41) is 12.5. The summed E-state index contributed by atoms with van der Waals surface area (Å²) in [7, 11) is 1.50. The predicted molar refractivity (Wildman–Crippen MR) is 94.1 cm³/mol. The topological polar surface area (TPSA) is 84.9 Å². The van der Waals surface area contributed by atoms with E-state index in [4.69, 9.17) is 9.47 Å². The number of anilines is 1. The minimum absolute atomic E-state index is 0.0211. The number of carbonyl (C=O) groups excluding carboxylic acids is 2. The van der Waals surface area contributed by atoms with Crippen LogP contribution in [0.3, 0.4) is 0 Å². The Balaban J connectivity index is 2.09. The molecule has 1 atom stereocenters. The lowest BCUT2D eigenvalue weighted by Gasteiger charge is -2.16. The van der Waals surface area contributed by atoms with Crippen molar-refractivity contribution in [3.8, 4) is 11.5 Å². The summed E-state index contributed by atoms with van der Waals surface area (Å²) in [5.41, 5.74) is 2.26. The van der Waals surface area contributed by atoms with E-state index in [1.807, 2.05) is 13.0 Å². The van der Waals surface area contributed by atoms with Gasteiger partial charge in [-0.1, -0.05) is 17.7 Å². The molecule has 0 saturated heterocycles. The van der Waals surface area contributed by atoms with Gasteiger partial charge in [-0.2, -0.15) is 0 Å². The molecule has 2 aromatic carbocycles. The highest BCUT2D eigenvalue weighted by Gasteiger charge is 2.22. The molecule has 0 aliphatic rings. The molecule has 0 saturated carbocycles. The molecule has 0 fully saturated rings. The summed E-state index contributed by atoms with van der Waals surface area (Å²) in [6.07, 6.45) is -1.04. The van der Waals surface area contributed by atoms with E-state index in [2.05, 4.69) is 5.32 Å². The van der Waals surface area contributed by atoms with E-state index in [0.29, 0.717) is 11.4 Å². The fourth-order valence-electron chi connectivity index (χ4n) is 2.24. The van der Waals surface area contributed by atoms with Crippen LogP contribution in [0.2, 0.25) is 0 Å². The Morgan fingerprint density at radius 2 is 1.72 bits per heavy atom. The summed E-state index contributed by atoms with van der Waals surface area (Å²) < 4.78 is 10.4. The first kappa shape index (κ1) is 18.3. The second kappa shape index (κ2) is 7.70. The maximum absolute atomic E-state index is 12.3. The van der Waals surface area contributed by atoms with Gasteiger partial charge in [0.2, 0.25) is 0 Å². The first-order chi connectivity index (χ1) is 11.8. The van der Waals surface area contributed by atoms with Crippen LogP contribution >= 0.6 is 0 Å². The lowest BCUT2D eigenvalue weighted by molar-refractivity contribution is -0.123. The highest BCUT2D eigenvalue weighted by atomic mass is 16.5. The van der Waals surface area contributed by atoms with Crippen LogP contribution in [-0.2, 0) is 9.53 Å². The molecule has 2 N–H and O–H groups in total. The van der Waals surface area contributed by atoms with Crippen molar-refractivity contribution >= 4 is 17.6 Å². The fraction of sp³-hybridized carbons (Fsp3) is 0.263. The molecular formula is C19H21NO5. The van der Waals surface area contributed by atoms with Gasteiger partial charge in [-0.3, -0.25) is 4.79 Å². The third-order valence-electron chi connectivity index (χ3n) is 3.64. The molecule has 0 aliphatic carbocycles. The third kappa shape index (κ3) is 4.50. The van der Waals surface area contributed by atoms with Gasteiger partial charge >= 0.3 is 5.97 Å². The number of ether oxygens (including phenoxy) is 2. The van der Waals surface area contributed by atoms with E-state index in [9.17, 15) is 14.7 Å². The highest BCUT2D eigenvalue weighted by Crippen LogP contribution is 2.25. The molecule has 2 aromatic rings. The Morgan fingerprint density at radius 3 is 2.40 bits per heavy atom. The molecular weight excluding hydrogens is 322 g/mol. The van der Waals surface area contributed by atoms with Gasteiger partial charge in [-0.25, -0.2) is 4.79 Å². The molecule has 6 nitrogen and oxygen atoms in total. The van der Waals surface area contributed by atoms with Crippen LogP contribution in [0.25, 0.3) is 0 Å². The number of phenols is 1. The van der Waals surface area contributed by atoms with Crippen molar-refractivity contribution in [2.75, 3.05) is 12.4 Å². The fourth-order valence-corrected chi connectivity index (χ4v) is 2.24. The smallest absolute Gasteiger partial charge is 0.342 e. The summed E-state index contributed by atoms with van der Waals surface area (Å²) in [6.45, 7) is 5.14. The molecule has 0 aromatic heterocycles. The lowest BCUT2D eigenvalue weighted by atomic mass is 10.1.